The minimum Gasteiger partial charge on any atom is -0.507 e. The predicted molar refractivity (Wildman–Crippen MR) is 135 cm³/mol. The molecule has 0 fully saturated rings. The molecule has 0 radical (unpaired) electrons. The van der Waals surface area contributed by atoms with Crippen molar-refractivity contribution < 1.29 is 29.7 Å². The first-order valence-corrected chi connectivity index (χ1v) is 12.5. The molecule has 0 heterocycles. The summed E-state index contributed by atoms with van der Waals surface area (Å²) in [5.74, 6) is -1.90. The number of phenols is 1. The molecule has 1 aromatic carbocycles. The summed E-state index contributed by atoms with van der Waals surface area (Å²) >= 11 is 0. The van der Waals surface area contributed by atoms with Crippen LogP contribution in [0.15, 0.2) is 42.5 Å². The average molecular weight is 481 g/mol. The zero-order valence-corrected chi connectivity index (χ0v) is 20.4. The summed E-state index contributed by atoms with van der Waals surface area (Å²) in [7, 11) is 0. The molecule has 6 nitrogen and oxygen atoms in total. The van der Waals surface area contributed by atoms with Gasteiger partial charge in [-0.05, 0) is 80.1 Å². The van der Waals surface area contributed by atoms with Gasteiger partial charge in [0.25, 0.3) is 0 Å². The number of hydrogen-bond acceptors (Lipinski definition) is 6. The number of carbonyl (C=O) groups is 3. The fourth-order valence-electron chi connectivity index (χ4n) is 5.45. The molecule has 0 saturated carbocycles. The summed E-state index contributed by atoms with van der Waals surface area (Å²) in [6.07, 6.45) is 14.2. The van der Waals surface area contributed by atoms with E-state index in [4.69, 9.17) is 0 Å². The van der Waals surface area contributed by atoms with E-state index in [0.29, 0.717) is 24.8 Å². The number of benzene rings is 1. The van der Waals surface area contributed by atoms with E-state index in [1.165, 1.54) is 6.92 Å². The van der Waals surface area contributed by atoms with Crippen LogP contribution in [-0.4, -0.2) is 45.9 Å². The Morgan fingerprint density at radius 2 is 1.89 bits per heavy atom. The Labute approximate surface area is 207 Å². The summed E-state index contributed by atoms with van der Waals surface area (Å²) in [6.45, 7) is 0.801. The third kappa shape index (κ3) is 6.86. The highest BCUT2D eigenvalue weighted by Crippen LogP contribution is 2.40. The highest BCUT2D eigenvalue weighted by atomic mass is 16.3. The lowest BCUT2D eigenvalue weighted by atomic mass is 9.72. The molecule has 6 heteroatoms. The highest BCUT2D eigenvalue weighted by Gasteiger charge is 2.35. The van der Waals surface area contributed by atoms with Crippen LogP contribution in [0.25, 0.3) is 5.57 Å². The van der Waals surface area contributed by atoms with Gasteiger partial charge in [0.05, 0.1) is 18.6 Å². The van der Waals surface area contributed by atoms with E-state index in [1.807, 2.05) is 18.2 Å². The van der Waals surface area contributed by atoms with Crippen LogP contribution in [0.3, 0.4) is 0 Å². The van der Waals surface area contributed by atoms with Crippen molar-refractivity contribution in [2.75, 3.05) is 13.2 Å². The molecule has 2 aliphatic carbocycles. The number of aromatic hydroxyl groups is 1. The van der Waals surface area contributed by atoms with E-state index in [9.17, 15) is 29.7 Å². The van der Waals surface area contributed by atoms with Crippen LogP contribution in [0.2, 0.25) is 0 Å². The normalized spacial score (nSPS) is 23.0. The molecule has 3 unspecified atom stereocenters. The lowest BCUT2D eigenvalue weighted by molar-refractivity contribution is -0.131. The Hall–Kier alpha value is -2.83. The average Bonchev–Trinajstić information content (AvgIpc) is 2.93. The molecule has 35 heavy (non-hydrogen) atoms. The minimum absolute atomic E-state index is 0.00700. The largest absolute Gasteiger partial charge is 0.507 e. The van der Waals surface area contributed by atoms with Gasteiger partial charge in [-0.15, -0.1) is 0 Å². The summed E-state index contributed by atoms with van der Waals surface area (Å²) < 4.78 is 0. The molecule has 0 aromatic heterocycles. The van der Waals surface area contributed by atoms with Gasteiger partial charge < -0.3 is 15.3 Å². The number of aliphatic hydroxyl groups is 2. The van der Waals surface area contributed by atoms with Crippen LogP contribution in [-0.2, 0) is 16.0 Å². The van der Waals surface area contributed by atoms with Gasteiger partial charge in [0, 0.05) is 18.9 Å². The van der Waals surface area contributed by atoms with Crippen LogP contribution in [0.1, 0.15) is 73.4 Å². The number of fused-ring (bicyclic) bond motifs is 1. The second kappa shape index (κ2) is 12.8. The van der Waals surface area contributed by atoms with Gasteiger partial charge in [0.15, 0.2) is 5.78 Å². The molecule has 0 saturated heterocycles. The van der Waals surface area contributed by atoms with E-state index < -0.39 is 12.5 Å². The Morgan fingerprint density at radius 3 is 2.60 bits per heavy atom. The molecule has 188 valence electrons. The molecule has 2 aliphatic rings. The van der Waals surface area contributed by atoms with E-state index in [2.05, 4.69) is 18.2 Å². The fraction of sp³-hybridized carbons (Fsp3) is 0.483. The lowest BCUT2D eigenvalue weighted by Crippen LogP contribution is -2.32. The van der Waals surface area contributed by atoms with Gasteiger partial charge in [0.1, 0.15) is 17.3 Å². The second-order valence-corrected chi connectivity index (χ2v) is 9.69. The first-order chi connectivity index (χ1) is 16.8. The van der Waals surface area contributed by atoms with Crippen molar-refractivity contribution in [1.82, 2.24) is 0 Å². The Morgan fingerprint density at radius 1 is 1.11 bits per heavy atom. The first-order valence-electron chi connectivity index (χ1n) is 12.5. The van der Waals surface area contributed by atoms with Crippen molar-refractivity contribution in [3.8, 4) is 5.75 Å². The Bertz CT molecular complexity index is 1030. The number of aliphatic hydroxyl groups excluding tert-OH is 2. The number of rotatable bonds is 10. The van der Waals surface area contributed by atoms with Gasteiger partial charge in [0.2, 0.25) is 0 Å². The number of carbonyl (C=O) groups excluding carboxylic acids is 3. The topological polar surface area (TPSA) is 112 Å². The van der Waals surface area contributed by atoms with Crippen molar-refractivity contribution in [1.29, 1.82) is 0 Å². The van der Waals surface area contributed by atoms with Gasteiger partial charge in [-0.3, -0.25) is 14.4 Å². The fourth-order valence-corrected chi connectivity index (χ4v) is 5.45. The molecule has 3 atom stereocenters. The number of phenolic OH excluding ortho intramolecular Hbond substituents is 1. The minimum atomic E-state index is -0.748. The van der Waals surface area contributed by atoms with Gasteiger partial charge >= 0.3 is 0 Å². The molecule has 0 aliphatic heterocycles. The van der Waals surface area contributed by atoms with E-state index in [-0.39, 0.29) is 54.4 Å². The third-order valence-electron chi connectivity index (χ3n) is 7.08. The van der Waals surface area contributed by atoms with Gasteiger partial charge in [-0.25, -0.2) is 0 Å². The summed E-state index contributed by atoms with van der Waals surface area (Å²) in [5, 5.41) is 30.1. The van der Waals surface area contributed by atoms with Crippen LogP contribution >= 0.6 is 0 Å². The first kappa shape index (κ1) is 26.8. The lowest BCUT2D eigenvalue weighted by Gasteiger charge is -2.32. The molecule has 3 rings (SSSR count). The maximum Gasteiger partial charge on any atom is 0.167 e. The van der Waals surface area contributed by atoms with Gasteiger partial charge in [-0.1, -0.05) is 36.4 Å². The van der Waals surface area contributed by atoms with Crippen LogP contribution in [0, 0.1) is 17.8 Å². The van der Waals surface area contributed by atoms with Crippen molar-refractivity contribution in [3.63, 3.8) is 0 Å². The molecular weight excluding hydrogens is 444 g/mol. The number of Topliss-reactive ketones (excluding diaryl/α,β-unsaturated/α-hetero) is 3. The number of hydrogen-bond donors (Lipinski definition) is 3. The highest BCUT2D eigenvalue weighted by molar-refractivity contribution is 6.02. The molecular formula is C29H36O6. The molecule has 3 N–H and O–H groups in total. The Balaban J connectivity index is 1.91. The smallest absolute Gasteiger partial charge is 0.167 e. The number of ketones is 3. The van der Waals surface area contributed by atoms with Crippen LogP contribution < -0.4 is 0 Å². The zero-order valence-electron chi connectivity index (χ0n) is 20.4. The molecule has 0 amide bonds. The zero-order chi connectivity index (χ0) is 25.4. The quantitative estimate of drug-likeness (QED) is 0.429. The summed E-state index contributed by atoms with van der Waals surface area (Å²) in [4.78, 5) is 37.3. The standard InChI is InChI=1S/C29H36O6/c1-19(32)14-27(34)25(18-31)22(12-13-30)15-20-16-24-23(10-11-26(33)29(24)28(35)17-20)21-8-6-4-2-3-5-7-9-21/h2-5,8,10-11,20,22,25,30-31,33H,6-7,9,12-18H2,1H3/b4-2-,5-3-,21-8+. The summed E-state index contributed by atoms with van der Waals surface area (Å²) in [6, 6.07) is 3.49. The monoisotopic (exact) mass is 480 g/mol. The van der Waals surface area contributed by atoms with Crippen molar-refractivity contribution in [2.45, 2.75) is 58.3 Å². The SMILES string of the molecule is CC(=O)CC(=O)C(CO)C(CCO)CC1CC(=O)c2c(O)ccc(/C3=C/C/C=C\C=C/CC3)c2C1. The predicted octanol–water partition coefficient (Wildman–Crippen LogP) is 4.36. The van der Waals surface area contributed by atoms with Crippen LogP contribution in [0.5, 0.6) is 5.75 Å². The van der Waals surface area contributed by atoms with Crippen molar-refractivity contribution >= 4 is 22.9 Å². The van der Waals surface area contributed by atoms with E-state index in [1.54, 1.807) is 6.07 Å². The van der Waals surface area contributed by atoms with Crippen molar-refractivity contribution in [2.24, 2.45) is 17.8 Å². The van der Waals surface area contributed by atoms with Crippen LogP contribution in [0.4, 0.5) is 0 Å². The number of allylic oxidation sites excluding steroid dienone is 6. The third-order valence-corrected chi connectivity index (χ3v) is 7.08. The summed E-state index contributed by atoms with van der Waals surface area (Å²) in [5.41, 5.74) is 3.34. The van der Waals surface area contributed by atoms with E-state index in [0.717, 1.165) is 36.0 Å². The van der Waals surface area contributed by atoms with Gasteiger partial charge in [-0.2, -0.15) is 0 Å². The maximum atomic E-state index is 13.2. The maximum absolute atomic E-state index is 13.2. The molecule has 1 aromatic rings. The van der Waals surface area contributed by atoms with Crippen molar-refractivity contribution in [3.05, 3.63) is 59.2 Å². The second-order valence-electron chi connectivity index (χ2n) is 9.69. The van der Waals surface area contributed by atoms with E-state index >= 15 is 0 Å². The molecule has 0 bridgehead atoms. The Kier molecular flexibility index (Phi) is 9.75. The molecule has 0 spiro atoms.